The lowest BCUT2D eigenvalue weighted by atomic mass is 9.49. The first-order valence-electron chi connectivity index (χ1n) is 9.77. The minimum absolute atomic E-state index is 0.0696. The minimum Gasteiger partial charge on any atom is -0.360 e. The summed E-state index contributed by atoms with van der Waals surface area (Å²) in [6.07, 6.45) is 7.49. The molecular formula is C19H28N4O3. The van der Waals surface area contributed by atoms with Crippen LogP contribution in [0.4, 0.5) is 5.82 Å². The summed E-state index contributed by atoms with van der Waals surface area (Å²) < 4.78 is 4.96. The van der Waals surface area contributed by atoms with Crippen molar-refractivity contribution in [3.8, 4) is 0 Å². The van der Waals surface area contributed by atoms with Crippen molar-refractivity contribution in [2.45, 2.75) is 64.8 Å². The van der Waals surface area contributed by atoms with Gasteiger partial charge in [-0.05, 0) is 69.6 Å². The standard InChI is InChI=1S/C19H28N4O3/c1-3-15(17(24)20-16-4-11(2)26-23-16)21-22-18(25)19-8-12-5-13(9-19)7-14(6-12)10-19/h4,12-15,21H,3,5-10H2,1-2H3,(H,22,25)(H,20,23,24)/t12?,13?,14?,15-,19?/m0/s1. The Hall–Kier alpha value is -1.89. The van der Waals surface area contributed by atoms with Crippen molar-refractivity contribution in [1.29, 1.82) is 0 Å². The van der Waals surface area contributed by atoms with E-state index in [0.717, 1.165) is 19.3 Å². The summed E-state index contributed by atoms with van der Waals surface area (Å²) in [6, 6.07) is 1.16. The molecule has 4 saturated carbocycles. The van der Waals surface area contributed by atoms with Gasteiger partial charge in [-0.15, -0.1) is 0 Å². The van der Waals surface area contributed by atoms with Crippen molar-refractivity contribution in [1.82, 2.24) is 16.0 Å². The lowest BCUT2D eigenvalue weighted by Crippen LogP contribution is -2.58. The number of carbonyl (C=O) groups is 2. The van der Waals surface area contributed by atoms with E-state index in [9.17, 15) is 9.59 Å². The molecular weight excluding hydrogens is 332 g/mol. The molecule has 7 heteroatoms. The van der Waals surface area contributed by atoms with Crippen LogP contribution in [0.1, 0.15) is 57.6 Å². The predicted octanol–water partition coefficient (Wildman–Crippen LogP) is 2.54. The summed E-state index contributed by atoms with van der Waals surface area (Å²) in [6.45, 7) is 3.67. The van der Waals surface area contributed by atoms with E-state index >= 15 is 0 Å². The Morgan fingerprint density at radius 3 is 2.35 bits per heavy atom. The third-order valence-electron chi connectivity index (χ3n) is 6.48. The van der Waals surface area contributed by atoms with Gasteiger partial charge in [0.15, 0.2) is 5.82 Å². The maximum Gasteiger partial charge on any atom is 0.244 e. The number of hydrazine groups is 1. The fourth-order valence-electron chi connectivity index (χ4n) is 5.67. The van der Waals surface area contributed by atoms with Crippen molar-refractivity contribution in [3.05, 3.63) is 11.8 Å². The number of hydrogen-bond acceptors (Lipinski definition) is 5. The van der Waals surface area contributed by atoms with Crippen LogP contribution >= 0.6 is 0 Å². The zero-order chi connectivity index (χ0) is 18.3. The molecule has 0 unspecified atom stereocenters. The molecule has 0 saturated heterocycles. The van der Waals surface area contributed by atoms with Crippen molar-refractivity contribution in [3.63, 3.8) is 0 Å². The third-order valence-corrected chi connectivity index (χ3v) is 6.48. The monoisotopic (exact) mass is 360 g/mol. The lowest BCUT2D eigenvalue weighted by Gasteiger charge is -2.55. The van der Waals surface area contributed by atoms with E-state index in [2.05, 4.69) is 21.3 Å². The molecule has 5 rings (SSSR count). The third kappa shape index (κ3) is 3.24. The molecule has 4 aliphatic rings. The van der Waals surface area contributed by atoms with Crippen molar-refractivity contribution in [2.75, 3.05) is 5.32 Å². The highest BCUT2D eigenvalue weighted by atomic mass is 16.5. The first-order chi connectivity index (χ1) is 12.5. The average Bonchev–Trinajstić information content (AvgIpc) is 2.98. The normalized spacial score (nSPS) is 33.1. The molecule has 1 heterocycles. The maximum absolute atomic E-state index is 13.0. The molecule has 142 valence electrons. The zero-order valence-corrected chi connectivity index (χ0v) is 15.5. The van der Waals surface area contributed by atoms with Crippen LogP contribution in [0.5, 0.6) is 0 Å². The Labute approximate surface area is 153 Å². The van der Waals surface area contributed by atoms with E-state index in [1.807, 2.05) is 6.92 Å². The van der Waals surface area contributed by atoms with E-state index in [4.69, 9.17) is 4.52 Å². The Bertz CT molecular complexity index is 663. The Balaban J connectivity index is 1.34. The lowest BCUT2D eigenvalue weighted by molar-refractivity contribution is -0.147. The van der Waals surface area contributed by atoms with Gasteiger partial charge < -0.3 is 9.84 Å². The number of amides is 2. The summed E-state index contributed by atoms with van der Waals surface area (Å²) in [5.41, 5.74) is 5.60. The van der Waals surface area contributed by atoms with Crippen LogP contribution in [0.25, 0.3) is 0 Å². The highest BCUT2D eigenvalue weighted by molar-refractivity contribution is 5.94. The van der Waals surface area contributed by atoms with Gasteiger partial charge in [0.05, 0.1) is 5.41 Å². The molecule has 7 nitrogen and oxygen atoms in total. The summed E-state index contributed by atoms with van der Waals surface area (Å²) in [5.74, 6) is 3.01. The number of rotatable bonds is 6. The van der Waals surface area contributed by atoms with Gasteiger partial charge in [-0.3, -0.25) is 15.0 Å². The number of aryl methyl sites for hydroxylation is 1. The summed E-state index contributed by atoms with van der Waals surface area (Å²) in [7, 11) is 0. The number of carbonyl (C=O) groups excluding carboxylic acids is 2. The van der Waals surface area contributed by atoms with Gasteiger partial charge in [0.25, 0.3) is 0 Å². The van der Waals surface area contributed by atoms with Gasteiger partial charge in [0.1, 0.15) is 11.8 Å². The van der Waals surface area contributed by atoms with Gasteiger partial charge in [-0.25, -0.2) is 5.43 Å². The number of nitrogens with zero attached hydrogens (tertiary/aromatic N) is 1. The Morgan fingerprint density at radius 1 is 1.23 bits per heavy atom. The fourth-order valence-corrected chi connectivity index (χ4v) is 5.67. The van der Waals surface area contributed by atoms with Gasteiger partial charge in [0.2, 0.25) is 11.8 Å². The summed E-state index contributed by atoms with van der Waals surface area (Å²) in [4.78, 5) is 25.4. The second-order valence-corrected chi connectivity index (χ2v) is 8.57. The molecule has 3 N–H and O–H groups in total. The fraction of sp³-hybridized carbons (Fsp3) is 0.737. The zero-order valence-electron chi connectivity index (χ0n) is 15.5. The average molecular weight is 360 g/mol. The second kappa shape index (κ2) is 6.68. The molecule has 0 aliphatic heterocycles. The maximum atomic E-state index is 13.0. The topological polar surface area (TPSA) is 96.3 Å². The SMILES string of the molecule is CC[C@H](NNC(=O)C12CC3CC(CC(C3)C1)C2)C(=O)Nc1cc(C)on1. The van der Waals surface area contributed by atoms with Crippen molar-refractivity contribution < 1.29 is 14.1 Å². The summed E-state index contributed by atoms with van der Waals surface area (Å²) >= 11 is 0. The Kier molecular flexibility index (Phi) is 4.50. The van der Waals surface area contributed by atoms with Crippen LogP contribution < -0.4 is 16.2 Å². The van der Waals surface area contributed by atoms with E-state index in [1.54, 1.807) is 13.0 Å². The molecule has 26 heavy (non-hydrogen) atoms. The van der Waals surface area contributed by atoms with Gasteiger partial charge in [-0.2, -0.15) is 0 Å². The van der Waals surface area contributed by atoms with Crippen molar-refractivity contribution >= 4 is 17.6 Å². The number of hydrogen-bond donors (Lipinski definition) is 3. The molecule has 1 aromatic heterocycles. The molecule has 4 aliphatic carbocycles. The van der Waals surface area contributed by atoms with Crippen LogP contribution in [-0.4, -0.2) is 23.0 Å². The molecule has 0 radical (unpaired) electrons. The predicted molar refractivity (Wildman–Crippen MR) is 95.8 cm³/mol. The van der Waals surface area contributed by atoms with Crippen LogP contribution in [0.2, 0.25) is 0 Å². The van der Waals surface area contributed by atoms with E-state index < -0.39 is 6.04 Å². The molecule has 0 spiro atoms. The first-order valence-corrected chi connectivity index (χ1v) is 9.77. The smallest absolute Gasteiger partial charge is 0.244 e. The Morgan fingerprint density at radius 2 is 1.85 bits per heavy atom. The second-order valence-electron chi connectivity index (χ2n) is 8.57. The highest BCUT2D eigenvalue weighted by Gasteiger charge is 2.54. The minimum atomic E-state index is -0.509. The first kappa shape index (κ1) is 17.5. The molecule has 0 aromatic carbocycles. The molecule has 2 amide bonds. The van der Waals surface area contributed by atoms with E-state index in [1.165, 1.54) is 19.3 Å². The van der Waals surface area contributed by atoms with Crippen LogP contribution in [0.3, 0.4) is 0 Å². The molecule has 4 bridgehead atoms. The van der Waals surface area contributed by atoms with Crippen LogP contribution in [-0.2, 0) is 9.59 Å². The van der Waals surface area contributed by atoms with E-state index in [-0.39, 0.29) is 17.2 Å². The summed E-state index contributed by atoms with van der Waals surface area (Å²) in [5, 5.41) is 6.49. The molecule has 1 atom stereocenters. The largest absolute Gasteiger partial charge is 0.360 e. The van der Waals surface area contributed by atoms with Crippen molar-refractivity contribution in [2.24, 2.45) is 23.2 Å². The van der Waals surface area contributed by atoms with Gasteiger partial charge in [-0.1, -0.05) is 12.1 Å². The van der Waals surface area contributed by atoms with Crippen LogP contribution in [0, 0.1) is 30.1 Å². The number of aromatic nitrogens is 1. The quantitative estimate of drug-likeness (QED) is 0.678. The number of nitrogens with one attached hydrogen (secondary N) is 3. The number of anilines is 1. The van der Waals surface area contributed by atoms with Gasteiger partial charge in [0, 0.05) is 6.07 Å². The molecule has 1 aromatic rings. The van der Waals surface area contributed by atoms with E-state index in [0.29, 0.717) is 35.8 Å². The molecule has 4 fully saturated rings. The van der Waals surface area contributed by atoms with Crippen LogP contribution in [0.15, 0.2) is 10.6 Å². The van der Waals surface area contributed by atoms with Gasteiger partial charge >= 0.3 is 0 Å². The highest BCUT2D eigenvalue weighted by Crippen LogP contribution is 2.60.